The fourth-order valence-electron chi connectivity index (χ4n) is 3.29. The SMILES string of the molecule is O=C(NCC1(O)CCCCCC1)C1Cc2nc[nH]c2CN1. The van der Waals surface area contributed by atoms with Crippen LogP contribution in [0.4, 0.5) is 0 Å². The lowest BCUT2D eigenvalue weighted by Crippen LogP contribution is -2.51. The van der Waals surface area contributed by atoms with Crippen molar-refractivity contribution in [2.75, 3.05) is 6.54 Å². The fraction of sp³-hybridized carbons (Fsp3) is 0.733. The van der Waals surface area contributed by atoms with Gasteiger partial charge in [0.05, 0.1) is 29.4 Å². The Kier molecular flexibility index (Phi) is 4.26. The van der Waals surface area contributed by atoms with Crippen LogP contribution in [0.25, 0.3) is 0 Å². The number of rotatable bonds is 3. The van der Waals surface area contributed by atoms with Crippen LogP contribution in [0, 0.1) is 0 Å². The summed E-state index contributed by atoms with van der Waals surface area (Å²) < 4.78 is 0. The zero-order valence-electron chi connectivity index (χ0n) is 12.3. The van der Waals surface area contributed by atoms with Gasteiger partial charge in [0.15, 0.2) is 0 Å². The highest BCUT2D eigenvalue weighted by atomic mass is 16.3. The summed E-state index contributed by atoms with van der Waals surface area (Å²) in [7, 11) is 0. The number of carbonyl (C=O) groups is 1. The first-order valence-corrected chi connectivity index (χ1v) is 7.91. The topological polar surface area (TPSA) is 90.0 Å². The summed E-state index contributed by atoms with van der Waals surface area (Å²) in [5.41, 5.74) is 1.29. The molecule has 1 amide bonds. The van der Waals surface area contributed by atoms with E-state index < -0.39 is 5.60 Å². The Morgan fingerprint density at radius 2 is 2.14 bits per heavy atom. The van der Waals surface area contributed by atoms with Crippen LogP contribution in [-0.4, -0.2) is 39.2 Å². The van der Waals surface area contributed by atoms with Crippen molar-refractivity contribution in [2.24, 2.45) is 0 Å². The minimum Gasteiger partial charge on any atom is -0.388 e. The molecule has 0 spiro atoms. The molecular weight excluding hydrogens is 268 g/mol. The molecule has 1 fully saturated rings. The van der Waals surface area contributed by atoms with Gasteiger partial charge in [0.1, 0.15) is 0 Å². The van der Waals surface area contributed by atoms with Crippen LogP contribution in [0.2, 0.25) is 0 Å². The molecule has 1 unspecified atom stereocenters. The van der Waals surface area contributed by atoms with E-state index in [-0.39, 0.29) is 11.9 Å². The van der Waals surface area contributed by atoms with Crippen molar-refractivity contribution >= 4 is 5.91 Å². The number of imidazole rings is 1. The van der Waals surface area contributed by atoms with E-state index in [1.54, 1.807) is 6.33 Å². The van der Waals surface area contributed by atoms with Crippen molar-refractivity contribution in [2.45, 2.75) is 63.1 Å². The summed E-state index contributed by atoms with van der Waals surface area (Å²) in [6, 6.07) is -0.254. The average Bonchev–Trinajstić information content (AvgIpc) is 2.85. The van der Waals surface area contributed by atoms with Crippen LogP contribution < -0.4 is 10.6 Å². The minimum atomic E-state index is -0.724. The maximum absolute atomic E-state index is 12.3. The summed E-state index contributed by atoms with van der Waals surface area (Å²) in [5.74, 6) is -0.0404. The molecule has 4 N–H and O–H groups in total. The van der Waals surface area contributed by atoms with Gasteiger partial charge in [0.25, 0.3) is 0 Å². The monoisotopic (exact) mass is 292 g/mol. The molecule has 1 aliphatic carbocycles. The maximum atomic E-state index is 12.3. The van der Waals surface area contributed by atoms with Crippen molar-refractivity contribution in [1.29, 1.82) is 0 Å². The van der Waals surface area contributed by atoms with Crippen molar-refractivity contribution in [3.05, 3.63) is 17.7 Å². The summed E-state index contributed by atoms with van der Waals surface area (Å²) in [6.07, 6.45) is 8.30. The molecule has 116 valence electrons. The molecule has 0 aromatic carbocycles. The lowest BCUT2D eigenvalue weighted by molar-refractivity contribution is -0.124. The third-order valence-corrected chi connectivity index (χ3v) is 4.67. The van der Waals surface area contributed by atoms with E-state index >= 15 is 0 Å². The molecule has 0 saturated heterocycles. The van der Waals surface area contributed by atoms with Crippen LogP contribution in [0.3, 0.4) is 0 Å². The molecule has 3 rings (SSSR count). The number of H-pyrrole nitrogens is 1. The molecule has 1 saturated carbocycles. The first kappa shape index (κ1) is 14.5. The Bertz CT molecular complexity index is 492. The van der Waals surface area contributed by atoms with Gasteiger partial charge in [-0.3, -0.25) is 10.1 Å². The van der Waals surface area contributed by atoms with E-state index in [0.717, 1.165) is 37.1 Å². The lowest BCUT2D eigenvalue weighted by atomic mass is 9.94. The minimum absolute atomic E-state index is 0.0404. The van der Waals surface area contributed by atoms with E-state index in [0.29, 0.717) is 19.5 Å². The van der Waals surface area contributed by atoms with E-state index in [2.05, 4.69) is 20.6 Å². The Hall–Kier alpha value is -1.40. The Labute approximate surface area is 124 Å². The average molecular weight is 292 g/mol. The number of amides is 1. The number of aromatic amines is 1. The summed E-state index contributed by atoms with van der Waals surface area (Å²) in [4.78, 5) is 19.6. The van der Waals surface area contributed by atoms with E-state index in [4.69, 9.17) is 0 Å². The predicted octanol–water partition coefficient (Wildman–Crippen LogP) is 0.625. The van der Waals surface area contributed by atoms with Crippen molar-refractivity contribution < 1.29 is 9.90 Å². The highest BCUT2D eigenvalue weighted by Gasteiger charge is 2.31. The second-order valence-electron chi connectivity index (χ2n) is 6.32. The molecule has 0 bridgehead atoms. The first-order valence-electron chi connectivity index (χ1n) is 7.91. The smallest absolute Gasteiger partial charge is 0.237 e. The van der Waals surface area contributed by atoms with Crippen LogP contribution in [0.5, 0.6) is 0 Å². The highest BCUT2D eigenvalue weighted by molar-refractivity contribution is 5.82. The highest BCUT2D eigenvalue weighted by Crippen LogP contribution is 2.26. The van der Waals surface area contributed by atoms with Gasteiger partial charge in [0.2, 0.25) is 5.91 Å². The normalized spacial score (nSPS) is 24.9. The van der Waals surface area contributed by atoms with Gasteiger partial charge in [-0.1, -0.05) is 25.7 Å². The van der Waals surface area contributed by atoms with E-state index in [1.165, 1.54) is 12.8 Å². The molecule has 2 aliphatic rings. The van der Waals surface area contributed by atoms with Crippen LogP contribution in [-0.2, 0) is 17.8 Å². The number of aromatic nitrogens is 2. The molecule has 1 aromatic heterocycles. The third-order valence-electron chi connectivity index (χ3n) is 4.67. The quantitative estimate of drug-likeness (QED) is 0.615. The van der Waals surface area contributed by atoms with E-state index in [1.807, 2.05) is 0 Å². The van der Waals surface area contributed by atoms with Crippen molar-refractivity contribution in [3.8, 4) is 0 Å². The largest absolute Gasteiger partial charge is 0.388 e. The van der Waals surface area contributed by atoms with Gasteiger partial charge in [0, 0.05) is 19.5 Å². The standard InChI is InChI=1S/C15H24N4O2/c20-14(12-7-11-13(8-16-12)19-10-18-11)17-9-15(21)5-3-1-2-4-6-15/h10,12,16,21H,1-9H2,(H,17,20)(H,18,19). The van der Waals surface area contributed by atoms with E-state index in [9.17, 15) is 9.90 Å². The molecule has 21 heavy (non-hydrogen) atoms. The van der Waals surface area contributed by atoms with Gasteiger partial charge >= 0.3 is 0 Å². The zero-order chi connectivity index (χ0) is 14.7. The molecule has 6 nitrogen and oxygen atoms in total. The molecule has 1 aromatic rings. The van der Waals surface area contributed by atoms with Crippen molar-refractivity contribution in [1.82, 2.24) is 20.6 Å². The van der Waals surface area contributed by atoms with Crippen LogP contribution in [0.15, 0.2) is 6.33 Å². The third kappa shape index (κ3) is 3.44. The van der Waals surface area contributed by atoms with Gasteiger partial charge in [-0.15, -0.1) is 0 Å². The predicted molar refractivity (Wildman–Crippen MR) is 78.6 cm³/mol. The second-order valence-corrected chi connectivity index (χ2v) is 6.32. The van der Waals surface area contributed by atoms with Gasteiger partial charge in [-0.05, 0) is 12.8 Å². The summed E-state index contributed by atoms with van der Waals surface area (Å²) in [6.45, 7) is 0.995. The number of hydrogen-bond acceptors (Lipinski definition) is 4. The number of carbonyl (C=O) groups excluding carboxylic acids is 1. The second kappa shape index (κ2) is 6.15. The maximum Gasteiger partial charge on any atom is 0.237 e. The van der Waals surface area contributed by atoms with Crippen molar-refractivity contribution in [3.63, 3.8) is 0 Å². The van der Waals surface area contributed by atoms with Gasteiger partial charge in [-0.25, -0.2) is 4.98 Å². The molecule has 0 radical (unpaired) electrons. The first-order chi connectivity index (χ1) is 10.2. The van der Waals surface area contributed by atoms with Crippen LogP contribution >= 0.6 is 0 Å². The number of hydrogen-bond donors (Lipinski definition) is 4. The zero-order valence-corrected chi connectivity index (χ0v) is 12.3. The van der Waals surface area contributed by atoms with Crippen LogP contribution in [0.1, 0.15) is 49.9 Å². The van der Waals surface area contributed by atoms with Gasteiger partial charge < -0.3 is 15.4 Å². The molecule has 1 atom stereocenters. The Morgan fingerprint density at radius 1 is 1.38 bits per heavy atom. The lowest BCUT2D eigenvalue weighted by Gasteiger charge is -2.29. The fourth-order valence-corrected chi connectivity index (χ4v) is 3.29. The summed E-state index contributed by atoms with van der Waals surface area (Å²) >= 11 is 0. The number of nitrogens with one attached hydrogen (secondary N) is 3. The number of nitrogens with zero attached hydrogens (tertiary/aromatic N) is 1. The molecular formula is C15H24N4O2. The molecule has 2 heterocycles. The molecule has 1 aliphatic heterocycles. The Morgan fingerprint density at radius 3 is 2.90 bits per heavy atom. The van der Waals surface area contributed by atoms with Gasteiger partial charge in [-0.2, -0.15) is 0 Å². The Balaban J connectivity index is 1.52. The molecule has 6 heteroatoms. The summed E-state index contributed by atoms with van der Waals surface area (Å²) in [5, 5.41) is 16.7. The number of fused-ring (bicyclic) bond motifs is 1. The number of aliphatic hydroxyl groups is 1.